The molecule has 10 unspecified atom stereocenters. The summed E-state index contributed by atoms with van der Waals surface area (Å²) < 4.78 is 82.3. The van der Waals surface area contributed by atoms with E-state index in [-0.39, 0.29) is 42.1 Å². The van der Waals surface area contributed by atoms with Crippen molar-refractivity contribution in [2.45, 2.75) is 98.3 Å². The summed E-state index contributed by atoms with van der Waals surface area (Å²) in [5, 5.41) is 0. The van der Waals surface area contributed by atoms with Gasteiger partial charge in [-0.15, -0.1) is 0 Å². The van der Waals surface area contributed by atoms with Gasteiger partial charge in [0.15, 0.2) is 17.8 Å². The summed E-state index contributed by atoms with van der Waals surface area (Å²) in [7, 11) is 0. The second kappa shape index (κ2) is 28.7. The topological polar surface area (TPSA) is 34.2 Å². The van der Waals surface area contributed by atoms with E-state index in [1.807, 2.05) is 77.7 Å². The molecule has 10 atom stereocenters. The molecular formula is C102H82F4N2O3. The normalized spacial score (nSPS) is 25.3. The molecular weight excluding hydrogens is 1380 g/mol. The molecule has 9 heteroatoms. The van der Waals surface area contributed by atoms with Crippen molar-refractivity contribution in [2.75, 3.05) is 9.80 Å². The minimum absolute atomic E-state index is 0.0225. The average Bonchev–Trinajstić information content (AvgIpc) is 1.55. The van der Waals surface area contributed by atoms with Gasteiger partial charge in [0.2, 0.25) is 0 Å². The maximum atomic E-state index is 16.1. The summed E-state index contributed by atoms with van der Waals surface area (Å²) >= 11 is 0. The fourth-order valence-electron chi connectivity index (χ4n) is 19.3. The average molecular weight is 1460 g/mol. The van der Waals surface area contributed by atoms with Crippen LogP contribution in [0, 0.1) is 23.5 Å². The number of hydrogen-bond donors (Lipinski definition) is 0. The summed E-state index contributed by atoms with van der Waals surface area (Å²) in [6, 6.07) is 59.9. The Morgan fingerprint density at radius 2 is 1.23 bits per heavy atom. The number of rotatable bonds is 18. The van der Waals surface area contributed by atoms with Gasteiger partial charge in [-0.25, -0.2) is 17.6 Å². The highest BCUT2D eigenvalue weighted by Crippen LogP contribution is 2.64. The smallest absolute Gasteiger partial charge is 0.160 e. The molecule has 1 heterocycles. The predicted molar refractivity (Wildman–Crippen MR) is 441 cm³/mol. The lowest BCUT2D eigenvalue weighted by Gasteiger charge is -2.41. The van der Waals surface area contributed by atoms with Crippen LogP contribution < -0.4 is 24.0 Å². The van der Waals surface area contributed by atoms with E-state index >= 15 is 17.6 Å². The first kappa shape index (κ1) is 69.3. The molecule has 19 rings (SSSR count). The van der Waals surface area contributed by atoms with Crippen LogP contribution >= 0.6 is 0 Å². The first-order valence-corrected chi connectivity index (χ1v) is 39.0. The number of anilines is 3. The minimum Gasteiger partial charge on any atom is -0.486 e. The van der Waals surface area contributed by atoms with E-state index in [9.17, 15) is 0 Å². The first-order chi connectivity index (χ1) is 54.5. The Morgan fingerprint density at radius 3 is 1.96 bits per heavy atom. The Balaban J connectivity index is 0.666. The van der Waals surface area contributed by atoms with Gasteiger partial charge in [0.1, 0.15) is 41.0 Å². The van der Waals surface area contributed by atoms with Crippen LogP contribution in [0.3, 0.4) is 0 Å². The molecule has 0 N–H and O–H groups in total. The molecule has 0 saturated carbocycles. The summed E-state index contributed by atoms with van der Waals surface area (Å²) in [5.74, 6) is 0.219. The van der Waals surface area contributed by atoms with Gasteiger partial charge in [0.05, 0.1) is 10.8 Å². The Hall–Kier alpha value is -12.2. The van der Waals surface area contributed by atoms with Gasteiger partial charge in [-0.3, -0.25) is 0 Å². The number of ether oxygens (including phenoxy) is 3. The van der Waals surface area contributed by atoms with Gasteiger partial charge >= 0.3 is 0 Å². The summed E-state index contributed by atoms with van der Waals surface area (Å²) in [6.45, 7) is 7.86. The van der Waals surface area contributed by atoms with E-state index in [4.69, 9.17) is 14.2 Å². The number of halogens is 4. The Kier molecular flexibility index (Phi) is 17.9. The number of nitrogens with zero attached hydrogens (tertiary/aromatic N) is 2. The third-order valence-electron chi connectivity index (χ3n) is 24.4. The van der Waals surface area contributed by atoms with Crippen molar-refractivity contribution in [3.63, 3.8) is 0 Å². The Morgan fingerprint density at radius 1 is 0.505 bits per heavy atom. The SMILES string of the molecule is C=CC1=CCC(Oc2ccc(C3(C4=CCCC=C4)c4ccccc4C4C=CC(c5cccc(N(C6=CC7c8cc(N(C9=CCCC(c%10ccc%11c(c%10)C(C%10=CCCC=C%10)(c%10ccc(Oc%12ccc(C=C)cc%12)cc%10)C%10C=CC=CC%11%10)=C9)C9=CC=C(F)C(F)C9)ccc8OC7C=C6)c6ccc(F)c(F)c6)c5)=CC43)cc2)C=C1. The van der Waals surface area contributed by atoms with Gasteiger partial charge in [-0.05, 0) is 244 Å². The van der Waals surface area contributed by atoms with E-state index in [0.717, 1.165) is 118 Å². The van der Waals surface area contributed by atoms with Crippen LogP contribution in [0.5, 0.6) is 23.0 Å². The lowest BCUT2D eigenvalue weighted by Crippen LogP contribution is -2.36. The maximum Gasteiger partial charge on any atom is 0.160 e. The first-order valence-electron chi connectivity index (χ1n) is 39.0. The highest BCUT2D eigenvalue weighted by Gasteiger charge is 2.56. The number of alkyl halides is 1. The van der Waals surface area contributed by atoms with E-state index in [2.05, 4.69) is 243 Å². The van der Waals surface area contributed by atoms with Gasteiger partial charge in [-0.1, -0.05) is 207 Å². The highest BCUT2D eigenvalue weighted by atomic mass is 19.2. The van der Waals surface area contributed by atoms with E-state index < -0.39 is 40.6 Å². The predicted octanol–water partition coefficient (Wildman–Crippen LogP) is 25.7. The lowest BCUT2D eigenvalue weighted by molar-refractivity contribution is 0.251. The Bertz CT molecular complexity index is 5680. The van der Waals surface area contributed by atoms with Crippen molar-refractivity contribution >= 4 is 34.3 Å². The standard InChI is InChI=1S/C102H82F4N2O3/c1-3-65-29-43-81(44-30-65)109-83-47-35-73(36-48-83)101(71-19-7-5-8-20-71)91-27-13-11-25-85(91)87-51-33-69(59-93(87)101)67-17-15-23-75(57-67)107(79-39-53-95(103)97(105)63-79)77-41-55-99-89(61-77)90-62-78(42-56-100(90)111-99)108(80-40-54-96(104)98(106)64-80)76-24-16-18-68(58-76)70-34-52-88-86-26-12-14-28-92(86)102(94(88)60-70,72-21-9-6-10-22-72)74-37-49-84(50-38-74)110-82-45-31-66(4-2)32-46-82/h3-4,7,9,11-15,17,19-43,45-63,81,86-87,89,92-93,98-99H,1-2,5-6,8,10,16,18,44,64H2. The maximum absolute atomic E-state index is 16.1. The van der Waals surface area contributed by atoms with Crippen molar-refractivity contribution in [1.29, 1.82) is 0 Å². The van der Waals surface area contributed by atoms with E-state index in [1.165, 1.54) is 62.7 Å². The fraction of sp³-hybridized carbons (Fsp3) is 0.176. The lowest BCUT2D eigenvalue weighted by atomic mass is 9.61. The second-order valence-corrected chi connectivity index (χ2v) is 30.5. The Labute approximate surface area is 647 Å². The molecule has 0 radical (unpaired) electrons. The molecule has 1 aliphatic heterocycles. The van der Waals surface area contributed by atoms with Gasteiger partial charge in [0, 0.05) is 88.2 Å². The minimum atomic E-state index is -1.83. The number of allylic oxidation sites excluding steroid dienone is 27. The van der Waals surface area contributed by atoms with E-state index in [1.54, 1.807) is 12.1 Å². The molecule has 111 heavy (non-hydrogen) atoms. The zero-order chi connectivity index (χ0) is 74.9. The fourth-order valence-corrected chi connectivity index (χ4v) is 19.3. The molecule has 11 aliphatic rings. The monoisotopic (exact) mass is 1460 g/mol. The van der Waals surface area contributed by atoms with Crippen LogP contribution in [0.1, 0.15) is 125 Å². The summed E-state index contributed by atoms with van der Waals surface area (Å²) in [6.07, 6.45) is 57.6. The molecule has 0 saturated heterocycles. The zero-order valence-electron chi connectivity index (χ0n) is 61.5. The van der Waals surface area contributed by atoms with Crippen LogP contribution in [-0.4, -0.2) is 18.4 Å². The largest absolute Gasteiger partial charge is 0.486 e. The quantitative estimate of drug-likeness (QED) is 0.0800. The van der Waals surface area contributed by atoms with Gasteiger partial charge < -0.3 is 24.0 Å². The zero-order valence-corrected chi connectivity index (χ0v) is 61.5. The number of benzene rings is 8. The third-order valence-corrected chi connectivity index (χ3v) is 24.4. The van der Waals surface area contributed by atoms with Gasteiger partial charge in [-0.2, -0.15) is 0 Å². The molecule has 8 aromatic rings. The van der Waals surface area contributed by atoms with Crippen LogP contribution in [0.2, 0.25) is 0 Å². The second-order valence-electron chi connectivity index (χ2n) is 30.5. The van der Waals surface area contributed by atoms with Crippen LogP contribution in [0.4, 0.5) is 34.6 Å². The summed E-state index contributed by atoms with van der Waals surface area (Å²) in [5.41, 5.74) is 20.4. The molecule has 546 valence electrons. The van der Waals surface area contributed by atoms with Crippen molar-refractivity contribution in [3.05, 3.63) is 442 Å². The van der Waals surface area contributed by atoms with Crippen LogP contribution in [0.25, 0.3) is 17.2 Å². The van der Waals surface area contributed by atoms with Gasteiger partial charge in [0.25, 0.3) is 0 Å². The highest BCUT2D eigenvalue weighted by molar-refractivity contribution is 5.83. The van der Waals surface area contributed by atoms with Crippen molar-refractivity contribution in [1.82, 2.24) is 0 Å². The number of hydrogen-bond acceptors (Lipinski definition) is 5. The third kappa shape index (κ3) is 12.1. The van der Waals surface area contributed by atoms with E-state index in [0.29, 0.717) is 23.6 Å². The molecule has 5 nitrogen and oxygen atoms in total. The molecule has 0 fully saturated rings. The van der Waals surface area contributed by atoms with Crippen LogP contribution in [-0.2, 0) is 10.8 Å². The molecule has 10 aliphatic carbocycles. The molecule has 0 bridgehead atoms. The molecule has 0 aromatic heterocycles. The number of fused-ring (bicyclic) bond motifs is 9. The van der Waals surface area contributed by atoms with Crippen molar-refractivity contribution in [2.24, 2.45) is 11.8 Å². The summed E-state index contributed by atoms with van der Waals surface area (Å²) in [4.78, 5) is 4.09. The molecule has 0 amide bonds. The van der Waals surface area contributed by atoms with Crippen LogP contribution in [0.15, 0.2) is 375 Å². The molecule has 8 aromatic carbocycles. The van der Waals surface area contributed by atoms with Crippen molar-refractivity contribution < 1.29 is 31.8 Å². The molecule has 0 spiro atoms. The van der Waals surface area contributed by atoms with Crippen molar-refractivity contribution in [3.8, 4) is 23.0 Å².